The summed E-state index contributed by atoms with van der Waals surface area (Å²) in [6.45, 7) is -0.0334. The van der Waals surface area contributed by atoms with E-state index in [0.717, 1.165) is 0 Å². The van der Waals surface area contributed by atoms with E-state index in [2.05, 4.69) is 0 Å². The third kappa shape index (κ3) is 5.73. The highest BCUT2D eigenvalue weighted by Crippen LogP contribution is 2.16. The van der Waals surface area contributed by atoms with Crippen molar-refractivity contribution in [1.82, 2.24) is 0 Å². The first-order valence-electron chi connectivity index (χ1n) is 2.81. The molecule has 0 aromatic rings. The van der Waals surface area contributed by atoms with Crippen molar-refractivity contribution in [3.63, 3.8) is 0 Å². The van der Waals surface area contributed by atoms with Crippen LogP contribution < -0.4 is 0 Å². The van der Waals surface area contributed by atoms with Crippen LogP contribution >= 0.6 is 45.8 Å². The van der Waals surface area contributed by atoms with Gasteiger partial charge in [-0.25, -0.2) is 0 Å². The fraction of sp³-hybridized carbons (Fsp3) is 0.143. The molecule has 0 radical (unpaired) electrons. The summed E-state index contributed by atoms with van der Waals surface area (Å²) >= 11 is 13.4. The quantitative estimate of drug-likeness (QED) is 0.627. The molecule has 0 aliphatic rings. The lowest BCUT2D eigenvalue weighted by molar-refractivity contribution is 0.342. The van der Waals surface area contributed by atoms with Crippen LogP contribution in [0, 0.1) is 0 Å². The predicted octanol–water partition coefficient (Wildman–Crippen LogP) is 3.17. The van der Waals surface area contributed by atoms with Gasteiger partial charge in [-0.15, -0.1) is 0 Å². The Morgan fingerprint density at radius 2 is 1.82 bits per heavy atom. The molecule has 0 heterocycles. The van der Waals surface area contributed by atoms with Gasteiger partial charge in [-0.3, -0.25) is 0 Å². The van der Waals surface area contributed by atoms with Gasteiger partial charge in [0.05, 0.1) is 16.7 Å². The maximum Gasteiger partial charge on any atom is 0.0615 e. The first kappa shape index (κ1) is 11.5. The van der Waals surface area contributed by atoms with Crippen molar-refractivity contribution in [3.05, 3.63) is 32.4 Å². The molecular formula is C7H7Cl2IO. The number of halogens is 3. The lowest BCUT2D eigenvalue weighted by Gasteiger charge is -1.90. The van der Waals surface area contributed by atoms with E-state index in [4.69, 9.17) is 28.3 Å². The molecule has 0 aliphatic heterocycles. The number of rotatable bonds is 3. The molecule has 62 valence electrons. The summed E-state index contributed by atoms with van der Waals surface area (Å²) in [6.07, 6.45) is 4.75. The summed E-state index contributed by atoms with van der Waals surface area (Å²) in [7, 11) is 0. The van der Waals surface area contributed by atoms with Gasteiger partial charge >= 0.3 is 0 Å². The van der Waals surface area contributed by atoms with Crippen molar-refractivity contribution in [3.8, 4) is 0 Å². The van der Waals surface area contributed by atoms with Crippen LogP contribution in [0.2, 0.25) is 0 Å². The van der Waals surface area contributed by atoms with Crippen molar-refractivity contribution >= 4 is 45.8 Å². The van der Waals surface area contributed by atoms with E-state index in [1.807, 2.05) is 22.6 Å². The Balaban J connectivity index is 4.27. The van der Waals surface area contributed by atoms with Crippen molar-refractivity contribution in [1.29, 1.82) is 0 Å². The number of aliphatic hydroxyl groups is 1. The Bertz CT molecular complexity index is 197. The molecule has 0 aliphatic carbocycles. The zero-order valence-corrected chi connectivity index (χ0v) is 9.27. The van der Waals surface area contributed by atoms with Gasteiger partial charge in [0.15, 0.2) is 0 Å². The van der Waals surface area contributed by atoms with Crippen molar-refractivity contribution in [2.24, 2.45) is 0 Å². The number of allylic oxidation sites excluding steroid dienone is 4. The van der Waals surface area contributed by atoms with Crippen LogP contribution in [-0.4, -0.2) is 11.7 Å². The molecule has 11 heavy (non-hydrogen) atoms. The van der Waals surface area contributed by atoms with E-state index < -0.39 is 0 Å². The van der Waals surface area contributed by atoms with Crippen LogP contribution in [0.1, 0.15) is 0 Å². The van der Waals surface area contributed by atoms with Gasteiger partial charge in [0, 0.05) is 0 Å². The molecule has 0 saturated heterocycles. The van der Waals surface area contributed by atoms with E-state index in [9.17, 15) is 0 Å². The van der Waals surface area contributed by atoms with Crippen LogP contribution in [0.25, 0.3) is 0 Å². The largest absolute Gasteiger partial charge is 0.392 e. The topological polar surface area (TPSA) is 20.2 Å². The van der Waals surface area contributed by atoms with E-state index >= 15 is 0 Å². The molecule has 0 bridgehead atoms. The monoisotopic (exact) mass is 304 g/mol. The summed E-state index contributed by atoms with van der Waals surface area (Å²) < 4.78 is 1.76. The molecule has 0 unspecified atom stereocenters. The molecule has 0 amide bonds. The highest BCUT2D eigenvalue weighted by molar-refractivity contribution is 14.1. The maximum atomic E-state index is 8.40. The molecular weight excluding hydrogens is 298 g/mol. The minimum Gasteiger partial charge on any atom is -0.392 e. The second-order valence-electron chi connectivity index (χ2n) is 1.57. The lowest BCUT2D eigenvalue weighted by Crippen LogP contribution is -1.73. The fourth-order valence-corrected chi connectivity index (χ4v) is 1.22. The van der Waals surface area contributed by atoms with Crippen molar-refractivity contribution < 1.29 is 5.11 Å². The molecule has 0 aromatic carbocycles. The summed E-state index contributed by atoms with van der Waals surface area (Å²) in [5.41, 5.74) is 0. The zero-order chi connectivity index (χ0) is 8.69. The Morgan fingerprint density at radius 3 is 2.27 bits per heavy atom. The Kier molecular flexibility index (Phi) is 7.47. The van der Waals surface area contributed by atoms with Crippen LogP contribution in [0.5, 0.6) is 0 Å². The molecule has 0 aromatic heterocycles. The highest BCUT2D eigenvalue weighted by atomic mass is 127. The number of hydrogen-bond acceptors (Lipinski definition) is 1. The first-order chi connectivity index (χ1) is 5.22. The highest BCUT2D eigenvalue weighted by Gasteiger charge is 1.91. The van der Waals surface area contributed by atoms with Gasteiger partial charge in [-0.1, -0.05) is 51.9 Å². The third-order valence-corrected chi connectivity index (χ3v) is 1.92. The Labute approximate surface area is 89.5 Å². The van der Waals surface area contributed by atoms with Gasteiger partial charge in [0.2, 0.25) is 0 Å². The van der Waals surface area contributed by atoms with E-state index in [-0.39, 0.29) is 6.61 Å². The predicted molar refractivity (Wildman–Crippen MR) is 58.1 cm³/mol. The molecule has 0 fully saturated rings. The standard InChI is InChI=1S/C7H7Cl2IO/c8-6(2-1-5-11)7(9)3-4-10/h1-4,11H,5H2/b2-1+,4-3-,7-6-. The third-order valence-electron chi connectivity index (χ3n) is 0.807. The first-order valence-corrected chi connectivity index (χ1v) is 4.82. The molecule has 0 spiro atoms. The maximum absolute atomic E-state index is 8.40. The summed E-state index contributed by atoms with van der Waals surface area (Å²) in [5.74, 6) is 0. The number of hydrogen-bond donors (Lipinski definition) is 1. The molecule has 0 saturated carbocycles. The van der Waals surface area contributed by atoms with Gasteiger partial charge < -0.3 is 5.11 Å². The minimum atomic E-state index is -0.0334. The average Bonchev–Trinajstić information content (AvgIpc) is 2.00. The average molecular weight is 305 g/mol. The minimum absolute atomic E-state index is 0.0334. The SMILES string of the molecule is OC/C=C/C(Cl)=C(Cl)\C=C/I. The molecule has 0 rings (SSSR count). The Morgan fingerprint density at radius 1 is 1.27 bits per heavy atom. The lowest BCUT2D eigenvalue weighted by atomic mass is 10.4. The zero-order valence-electron chi connectivity index (χ0n) is 5.60. The van der Waals surface area contributed by atoms with Crippen LogP contribution in [-0.2, 0) is 0 Å². The van der Waals surface area contributed by atoms with Gasteiger partial charge in [-0.05, 0) is 16.2 Å². The normalized spacial score (nSPS) is 14.5. The van der Waals surface area contributed by atoms with Gasteiger partial charge in [0.25, 0.3) is 0 Å². The second-order valence-corrected chi connectivity index (χ2v) is 3.11. The summed E-state index contributed by atoms with van der Waals surface area (Å²) in [4.78, 5) is 0. The van der Waals surface area contributed by atoms with Crippen molar-refractivity contribution in [2.45, 2.75) is 0 Å². The van der Waals surface area contributed by atoms with Crippen LogP contribution in [0.3, 0.4) is 0 Å². The number of aliphatic hydroxyl groups excluding tert-OH is 1. The van der Waals surface area contributed by atoms with E-state index in [1.54, 1.807) is 16.2 Å². The Hall–Kier alpha value is 0.490. The molecule has 1 nitrogen and oxygen atoms in total. The summed E-state index contributed by atoms with van der Waals surface area (Å²) in [6, 6.07) is 0. The molecule has 4 heteroatoms. The van der Waals surface area contributed by atoms with Gasteiger partial charge in [0.1, 0.15) is 0 Å². The summed E-state index contributed by atoms with van der Waals surface area (Å²) in [5, 5.41) is 9.28. The van der Waals surface area contributed by atoms with Crippen molar-refractivity contribution in [2.75, 3.05) is 6.61 Å². The van der Waals surface area contributed by atoms with E-state index in [1.165, 1.54) is 6.08 Å². The van der Waals surface area contributed by atoms with Gasteiger partial charge in [-0.2, -0.15) is 0 Å². The van der Waals surface area contributed by atoms with Crippen LogP contribution in [0.4, 0.5) is 0 Å². The fourth-order valence-electron chi connectivity index (χ4n) is 0.371. The van der Waals surface area contributed by atoms with E-state index in [0.29, 0.717) is 10.1 Å². The second kappa shape index (κ2) is 7.16. The molecule has 1 N–H and O–H groups in total. The van der Waals surface area contributed by atoms with Crippen LogP contribution in [0.15, 0.2) is 32.4 Å². The smallest absolute Gasteiger partial charge is 0.0615 e. The molecule has 0 atom stereocenters.